The maximum Gasteiger partial charge on any atom is 0.339 e. The Morgan fingerprint density at radius 1 is 1.04 bits per heavy atom. The van der Waals surface area contributed by atoms with Crippen LogP contribution in [0.5, 0.6) is 0 Å². The number of fused-ring (bicyclic) bond motifs is 1. The van der Waals surface area contributed by atoms with Crippen molar-refractivity contribution in [3.05, 3.63) is 64.2 Å². The van der Waals surface area contributed by atoms with Crippen molar-refractivity contribution in [2.75, 3.05) is 5.32 Å². The molecular formula is C15H11N5O4S. The van der Waals surface area contributed by atoms with E-state index in [9.17, 15) is 19.7 Å². The summed E-state index contributed by atoms with van der Waals surface area (Å²) >= 11 is 1.28. The molecule has 126 valence electrons. The number of hydrogen-bond acceptors (Lipinski definition) is 6. The monoisotopic (exact) mass is 357 g/mol. The Balaban J connectivity index is 1.62. The Morgan fingerprint density at radius 3 is 2.52 bits per heavy atom. The number of thiazole rings is 1. The molecule has 0 unspecified atom stereocenters. The summed E-state index contributed by atoms with van der Waals surface area (Å²) in [5.41, 5.74) is 4.48. The average Bonchev–Trinajstić information content (AvgIpc) is 3.01. The second kappa shape index (κ2) is 6.93. The van der Waals surface area contributed by atoms with Crippen LogP contribution in [-0.4, -0.2) is 21.8 Å². The molecule has 0 aliphatic carbocycles. The van der Waals surface area contributed by atoms with E-state index in [2.05, 4.69) is 21.2 Å². The molecule has 3 aromatic rings. The Morgan fingerprint density at radius 2 is 1.76 bits per heavy atom. The summed E-state index contributed by atoms with van der Waals surface area (Å²) < 4.78 is 0.904. The van der Waals surface area contributed by atoms with Gasteiger partial charge in [0.15, 0.2) is 5.13 Å². The highest BCUT2D eigenvalue weighted by atomic mass is 32.1. The van der Waals surface area contributed by atoms with Crippen LogP contribution in [0.15, 0.2) is 48.5 Å². The molecule has 0 aliphatic heterocycles. The molecule has 25 heavy (non-hydrogen) atoms. The number of para-hydroxylation sites is 2. The van der Waals surface area contributed by atoms with Gasteiger partial charge in [-0.1, -0.05) is 35.6 Å². The van der Waals surface area contributed by atoms with Crippen LogP contribution < -0.4 is 16.2 Å². The van der Waals surface area contributed by atoms with Crippen molar-refractivity contribution in [2.24, 2.45) is 0 Å². The van der Waals surface area contributed by atoms with Gasteiger partial charge in [-0.05, 0) is 18.2 Å². The number of nitrogens with one attached hydrogen (secondary N) is 3. The van der Waals surface area contributed by atoms with Gasteiger partial charge in [-0.3, -0.25) is 25.7 Å². The third-order valence-electron chi connectivity index (χ3n) is 3.15. The Kier molecular flexibility index (Phi) is 4.53. The van der Waals surface area contributed by atoms with Crippen molar-refractivity contribution in [1.82, 2.24) is 15.8 Å². The van der Waals surface area contributed by atoms with Crippen molar-refractivity contribution >= 4 is 44.3 Å². The lowest BCUT2D eigenvalue weighted by atomic mass is 10.2. The molecule has 3 amide bonds. The summed E-state index contributed by atoms with van der Waals surface area (Å²) in [6.45, 7) is 0. The molecule has 3 rings (SSSR count). The molecule has 0 radical (unpaired) electrons. The SMILES string of the molecule is O=C(NNC(=O)c1ccccc1[N+](=O)[O-])Nc1nc2ccccc2s1. The molecule has 10 heteroatoms. The van der Waals surface area contributed by atoms with Crippen molar-refractivity contribution < 1.29 is 14.5 Å². The number of hydrazine groups is 1. The second-order valence-corrected chi connectivity index (χ2v) is 5.82. The van der Waals surface area contributed by atoms with Gasteiger partial charge in [0.05, 0.1) is 15.1 Å². The summed E-state index contributed by atoms with van der Waals surface area (Å²) in [6, 6.07) is 12.1. The van der Waals surface area contributed by atoms with Gasteiger partial charge in [-0.15, -0.1) is 0 Å². The van der Waals surface area contributed by atoms with E-state index in [0.717, 1.165) is 10.2 Å². The first-order chi connectivity index (χ1) is 12.0. The minimum Gasteiger partial charge on any atom is -0.282 e. The van der Waals surface area contributed by atoms with E-state index in [1.54, 1.807) is 0 Å². The molecule has 0 fully saturated rings. The largest absolute Gasteiger partial charge is 0.339 e. The standard InChI is InChI=1S/C15H11N5O4S/c21-13(9-5-1-3-7-11(9)20(23)24)18-19-14(22)17-15-16-10-6-2-4-8-12(10)25-15/h1-8H,(H,18,21)(H2,16,17,19,22). The number of nitrogens with zero attached hydrogens (tertiary/aromatic N) is 2. The molecule has 0 saturated heterocycles. The van der Waals surface area contributed by atoms with Gasteiger partial charge in [0.2, 0.25) is 0 Å². The first-order valence-electron chi connectivity index (χ1n) is 7.01. The van der Waals surface area contributed by atoms with E-state index in [1.807, 2.05) is 24.3 Å². The fraction of sp³-hybridized carbons (Fsp3) is 0. The predicted molar refractivity (Wildman–Crippen MR) is 92.3 cm³/mol. The topological polar surface area (TPSA) is 126 Å². The van der Waals surface area contributed by atoms with Gasteiger partial charge in [0, 0.05) is 6.07 Å². The highest BCUT2D eigenvalue weighted by Gasteiger charge is 2.19. The van der Waals surface area contributed by atoms with Gasteiger partial charge in [-0.25, -0.2) is 15.2 Å². The smallest absolute Gasteiger partial charge is 0.282 e. The third-order valence-corrected chi connectivity index (χ3v) is 4.10. The second-order valence-electron chi connectivity index (χ2n) is 4.79. The quantitative estimate of drug-likeness (QED) is 0.491. The Hall–Kier alpha value is -3.53. The van der Waals surface area contributed by atoms with Crippen LogP contribution in [0.2, 0.25) is 0 Å². The van der Waals surface area contributed by atoms with Crippen LogP contribution in [0.1, 0.15) is 10.4 Å². The number of nitro benzene ring substituents is 1. The lowest BCUT2D eigenvalue weighted by molar-refractivity contribution is -0.385. The van der Waals surface area contributed by atoms with Crippen LogP contribution in [0.3, 0.4) is 0 Å². The third kappa shape index (κ3) is 3.70. The van der Waals surface area contributed by atoms with E-state index in [0.29, 0.717) is 5.13 Å². The molecule has 9 nitrogen and oxygen atoms in total. The van der Waals surface area contributed by atoms with E-state index in [-0.39, 0.29) is 11.3 Å². The molecule has 0 atom stereocenters. The van der Waals surface area contributed by atoms with E-state index in [4.69, 9.17) is 0 Å². The lowest BCUT2D eigenvalue weighted by Gasteiger charge is -2.07. The fourth-order valence-corrected chi connectivity index (χ4v) is 2.92. The number of carbonyl (C=O) groups excluding carboxylic acids is 2. The molecule has 2 aromatic carbocycles. The number of aromatic nitrogens is 1. The summed E-state index contributed by atoms with van der Waals surface area (Å²) in [7, 11) is 0. The molecule has 0 saturated carbocycles. The number of rotatable bonds is 3. The van der Waals surface area contributed by atoms with Gasteiger partial charge in [-0.2, -0.15) is 0 Å². The number of nitro groups is 1. The van der Waals surface area contributed by atoms with Crippen LogP contribution >= 0.6 is 11.3 Å². The maximum atomic E-state index is 12.0. The first-order valence-corrected chi connectivity index (χ1v) is 7.82. The minimum absolute atomic E-state index is 0.159. The van der Waals surface area contributed by atoms with Gasteiger partial charge >= 0.3 is 6.03 Å². The van der Waals surface area contributed by atoms with E-state index >= 15 is 0 Å². The first kappa shape index (κ1) is 16.3. The highest BCUT2D eigenvalue weighted by Crippen LogP contribution is 2.25. The fourth-order valence-electron chi connectivity index (χ4n) is 2.06. The minimum atomic E-state index is -0.799. The lowest BCUT2D eigenvalue weighted by Crippen LogP contribution is -2.44. The number of anilines is 1. The molecule has 0 bridgehead atoms. The van der Waals surface area contributed by atoms with E-state index in [1.165, 1.54) is 35.6 Å². The maximum absolute atomic E-state index is 12.0. The van der Waals surface area contributed by atoms with Crippen molar-refractivity contribution in [1.29, 1.82) is 0 Å². The van der Waals surface area contributed by atoms with Gasteiger partial charge < -0.3 is 0 Å². The number of carbonyl (C=O) groups is 2. The Labute approximate surface area is 144 Å². The van der Waals surface area contributed by atoms with Gasteiger partial charge in [0.1, 0.15) is 5.56 Å². The number of hydrogen-bond donors (Lipinski definition) is 3. The van der Waals surface area contributed by atoms with Crippen molar-refractivity contribution in [3.63, 3.8) is 0 Å². The summed E-state index contributed by atoms with van der Waals surface area (Å²) in [6.07, 6.45) is 0. The zero-order chi connectivity index (χ0) is 17.8. The van der Waals surface area contributed by atoms with Crippen LogP contribution in [0.4, 0.5) is 15.6 Å². The molecular weight excluding hydrogens is 346 g/mol. The average molecular weight is 357 g/mol. The number of amides is 3. The Bertz CT molecular complexity index is 938. The summed E-state index contributed by atoms with van der Waals surface area (Å²) in [4.78, 5) is 38.3. The molecule has 1 heterocycles. The van der Waals surface area contributed by atoms with Crippen LogP contribution in [0, 0.1) is 10.1 Å². The van der Waals surface area contributed by atoms with E-state index < -0.39 is 16.9 Å². The highest BCUT2D eigenvalue weighted by molar-refractivity contribution is 7.22. The van der Waals surface area contributed by atoms with Gasteiger partial charge in [0.25, 0.3) is 11.6 Å². The van der Waals surface area contributed by atoms with Crippen molar-refractivity contribution in [2.45, 2.75) is 0 Å². The predicted octanol–water partition coefficient (Wildman–Crippen LogP) is 2.67. The zero-order valence-corrected chi connectivity index (χ0v) is 13.4. The summed E-state index contributed by atoms with van der Waals surface area (Å²) in [5, 5.41) is 13.8. The zero-order valence-electron chi connectivity index (χ0n) is 12.6. The molecule has 1 aromatic heterocycles. The van der Waals surface area contributed by atoms with Crippen LogP contribution in [0.25, 0.3) is 10.2 Å². The molecule has 0 spiro atoms. The number of urea groups is 1. The normalized spacial score (nSPS) is 10.2. The number of benzene rings is 2. The summed E-state index contributed by atoms with van der Waals surface area (Å²) in [5.74, 6) is -0.799. The van der Waals surface area contributed by atoms with Crippen molar-refractivity contribution in [3.8, 4) is 0 Å². The van der Waals surface area contributed by atoms with Crippen LogP contribution in [-0.2, 0) is 0 Å². The molecule has 3 N–H and O–H groups in total. The molecule has 0 aliphatic rings.